The summed E-state index contributed by atoms with van der Waals surface area (Å²) in [5.41, 5.74) is 0.978. The van der Waals surface area contributed by atoms with E-state index in [1.807, 2.05) is 0 Å². The predicted octanol–water partition coefficient (Wildman–Crippen LogP) is 2.96. The lowest BCUT2D eigenvalue weighted by Crippen LogP contribution is -2.14. The number of hydrogen-bond donors (Lipinski definition) is 3. The highest BCUT2D eigenvalue weighted by Crippen LogP contribution is 2.30. The molecule has 4 rings (SSSR count). The Labute approximate surface area is 147 Å². The molecule has 0 spiro atoms. The Hall–Kier alpha value is -3.62. The summed E-state index contributed by atoms with van der Waals surface area (Å²) in [6.07, 6.45) is 2.30. The molecule has 1 aromatic carbocycles. The summed E-state index contributed by atoms with van der Waals surface area (Å²) in [5, 5.41) is 18.0. The molecule has 1 fully saturated rings. The van der Waals surface area contributed by atoms with Gasteiger partial charge >= 0.3 is 6.09 Å². The molecule has 9 nitrogen and oxygen atoms in total. The molecule has 9 heteroatoms. The maximum absolute atomic E-state index is 11.8. The van der Waals surface area contributed by atoms with Crippen molar-refractivity contribution in [1.29, 1.82) is 0 Å². The summed E-state index contributed by atoms with van der Waals surface area (Å²) in [4.78, 5) is 26.8. The van der Waals surface area contributed by atoms with Crippen LogP contribution in [0.15, 0.2) is 42.6 Å². The minimum Gasteiger partial charge on any atom is -0.465 e. The summed E-state index contributed by atoms with van der Waals surface area (Å²) in [6.45, 7) is 0. The second kappa shape index (κ2) is 6.36. The van der Waals surface area contributed by atoms with Gasteiger partial charge in [-0.2, -0.15) is 4.98 Å². The summed E-state index contributed by atoms with van der Waals surface area (Å²) in [6, 6.07) is 10.0. The number of pyridine rings is 1. The van der Waals surface area contributed by atoms with Crippen LogP contribution < -0.4 is 15.4 Å². The van der Waals surface area contributed by atoms with Crippen LogP contribution in [0, 0.1) is 5.92 Å². The van der Waals surface area contributed by atoms with Crippen molar-refractivity contribution in [1.82, 2.24) is 14.6 Å². The molecule has 1 aliphatic rings. The van der Waals surface area contributed by atoms with E-state index in [4.69, 9.17) is 9.84 Å². The highest BCUT2D eigenvalue weighted by Gasteiger charge is 2.30. The van der Waals surface area contributed by atoms with E-state index in [0.29, 0.717) is 22.8 Å². The van der Waals surface area contributed by atoms with Crippen LogP contribution in [0.2, 0.25) is 0 Å². The van der Waals surface area contributed by atoms with Crippen LogP contribution in [-0.2, 0) is 4.79 Å². The first-order chi connectivity index (χ1) is 12.6. The number of carbonyl (C=O) groups excluding carboxylic acids is 1. The van der Waals surface area contributed by atoms with Crippen molar-refractivity contribution in [3.8, 4) is 11.5 Å². The van der Waals surface area contributed by atoms with E-state index in [9.17, 15) is 9.59 Å². The van der Waals surface area contributed by atoms with Crippen LogP contribution >= 0.6 is 0 Å². The van der Waals surface area contributed by atoms with Gasteiger partial charge in [0, 0.05) is 17.7 Å². The van der Waals surface area contributed by atoms with E-state index in [-0.39, 0.29) is 17.8 Å². The second-order valence-electron chi connectivity index (χ2n) is 5.93. The van der Waals surface area contributed by atoms with Gasteiger partial charge in [0.2, 0.25) is 11.9 Å². The maximum Gasteiger partial charge on any atom is 0.409 e. The van der Waals surface area contributed by atoms with E-state index in [1.165, 1.54) is 4.52 Å². The van der Waals surface area contributed by atoms with Crippen molar-refractivity contribution in [3.63, 3.8) is 0 Å². The molecule has 2 heterocycles. The van der Waals surface area contributed by atoms with E-state index >= 15 is 0 Å². The van der Waals surface area contributed by atoms with Gasteiger partial charge in [-0.1, -0.05) is 6.07 Å². The normalized spacial score (nSPS) is 13.4. The SMILES string of the molecule is O=C(O)Nc1cccc(Oc2ccc3nc(NC(=O)C4CC4)nn3c2)c1. The average Bonchev–Trinajstić information content (AvgIpc) is 3.36. The molecule has 2 aromatic heterocycles. The van der Waals surface area contributed by atoms with E-state index < -0.39 is 6.09 Å². The number of nitrogens with zero attached hydrogens (tertiary/aromatic N) is 3. The Bertz CT molecular complexity index is 996. The third kappa shape index (κ3) is 3.56. The number of anilines is 2. The van der Waals surface area contributed by atoms with Gasteiger partial charge in [0.05, 0.1) is 6.20 Å². The van der Waals surface area contributed by atoms with Gasteiger partial charge < -0.3 is 9.84 Å². The minimum absolute atomic E-state index is 0.0554. The zero-order valence-corrected chi connectivity index (χ0v) is 13.5. The molecule has 132 valence electrons. The third-order valence-corrected chi connectivity index (χ3v) is 3.81. The highest BCUT2D eigenvalue weighted by atomic mass is 16.5. The molecule has 3 aromatic rings. The first-order valence-electron chi connectivity index (χ1n) is 8.02. The van der Waals surface area contributed by atoms with Gasteiger partial charge in [-0.15, -0.1) is 5.10 Å². The van der Waals surface area contributed by atoms with Crippen molar-refractivity contribution in [2.24, 2.45) is 5.92 Å². The van der Waals surface area contributed by atoms with E-state index in [0.717, 1.165) is 12.8 Å². The fraction of sp³-hybridized carbons (Fsp3) is 0.176. The van der Waals surface area contributed by atoms with Gasteiger partial charge in [0.25, 0.3) is 0 Å². The molecule has 0 aliphatic heterocycles. The van der Waals surface area contributed by atoms with Crippen LogP contribution in [-0.4, -0.2) is 31.7 Å². The molecule has 0 unspecified atom stereocenters. The van der Waals surface area contributed by atoms with Crippen molar-refractivity contribution in [2.75, 3.05) is 10.6 Å². The quantitative estimate of drug-likeness (QED) is 0.649. The number of fused-ring (bicyclic) bond motifs is 1. The second-order valence-corrected chi connectivity index (χ2v) is 5.93. The summed E-state index contributed by atoms with van der Waals surface area (Å²) in [5.74, 6) is 1.24. The molecular weight excluding hydrogens is 338 g/mol. The Balaban J connectivity index is 1.51. The van der Waals surface area contributed by atoms with Gasteiger partial charge in [0.15, 0.2) is 5.65 Å². The van der Waals surface area contributed by atoms with Crippen molar-refractivity contribution in [2.45, 2.75) is 12.8 Å². The Kier molecular flexibility index (Phi) is 3.88. The third-order valence-electron chi connectivity index (χ3n) is 3.81. The zero-order valence-electron chi connectivity index (χ0n) is 13.5. The Morgan fingerprint density at radius 1 is 1.15 bits per heavy atom. The predicted molar refractivity (Wildman–Crippen MR) is 92.5 cm³/mol. The number of aromatic nitrogens is 3. The van der Waals surface area contributed by atoms with Crippen LogP contribution in [0.25, 0.3) is 5.65 Å². The number of ether oxygens (including phenoxy) is 1. The first kappa shape index (κ1) is 15.9. The maximum atomic E-state index is 11.8. The minimum atomic E-state index is -1.15. The number of rotatable bonds is 5. The Morgan fingerprint density at radius 2 is 2.00 bits per heavy atom. The molecule has 0 atom stereocenters. The van der Waals surface area contributed by atoms with Crippen LogP contribution in [0.5, 0.6) is 11.5 Å². The van der Waals surface area contributed by atoms with Crippen LogP contribution in [0.1, 0.15) is 12.8 Å². The van der Waals surface area contributed by atoms with E-state index in [2.05, 4.69) is 20.7 Å². The standard InChI is InChI=1S/C17H15N5O4/c23-15(10-4-5-10)20-16-19-14-7-6-13(9-22(14)21-16)26-12-3-1-2-11(8-12)18-17(24)25/h1-3,6-10,18H,4-5H2,(H,24,25)(H,20,21,23). The molecule has 0 radical (unpaired) electrons. The zero-order chi connectivity index (χ0) is 18.1. The number of carbonyl (C=O) groups is 2. The molecule has 1 saturated carbocycles. The number of benzene rings is 1. The number of carboxylic acid groups (broad SMARTS) is 1. The largest absolute Gasteiger partial charge is 0.465 e. The molecule has 2 amide bonds. The molecule has 26 heavy (non-hydrogen) atoms. The number of hydrogen-bond acceptors (Lipinski definition) is 5. The molecular formula is C17H15N5O4. The fourth-order valence-electron chi connectivity index (χ4n) is 2.43. The van der Waals surface area contributed by atoms with Gasteiger partial charge in [-0.05, 0) is 37.1 Å². The number of amides is 2. The van der Waals surface area contributed by atoms with Crippen molar-refractivity contribution in [3.05, 3.63) is 42.6 Å². The first-order valence-corrected chi connectivity index (χ1v) is 8.02. The monoisotopic (exact) mass is 353 g/mol. The Morgan fingerprint density at radius 3 is 2.77 bits per heavy atom. The smallest absolute Gasteiger partial charge is 0.409 e. The van der Waals surface area contributed by atoms with E-state index in [1.54, 1.807) is 42.6 Å². The van der Waals surface area contributed by atoms with Gasteiger partial charge in [-0.3, -0.25) is 15.4 Å². The van der Waals surface area contributed by atoms with Gasteiger partial charge in [-0.25, -0.2) is 9.31 Å². The summed E-state index contributed by atoms with van der Waals surface area (Å²) < 4.78 is 7.25. The lowest BCUT2D eigenvalue weighted by atomic mass is 10.3. The molecule has 1 aliphatic carbocycles. The number of nitrogens with one attached hydrogen (secondary N) is 2. The average molecular weight is 353 g/mol. The topological polar surface area (TPSA) is 118 Å². The highest BCUT2D eigenvalue weighted by molar-refractivity contribution is 5.92. The fourth-order valence-corrected chi connectivity index (χ4v) is 2.43. The van der Waals surface area contributed by atoms with Crippen molar-refractivity contribution < 1.29 is 19.4 Å². The molecule has 0 saturated heterocycles. The van der Waals surface area contributed by atoms with Crippen molar-refractivity contribution >= 4 is 29.3 Å². The summed E-state index contributed by atoms with van der Waals surface area (Å²) >= 11 is 0. The lowest BCUT2D eigenvalue weighted by molar-refractivity contribution is -0.117. The molecule has 0 bridgehead atoms. The lowest BCUT2D eigenvalue weighted by Gasteiger charge is -2.07. The summed E-state index contributed by atoms with van der Waals surface area (Å²) in [7, 11) is 0. The molecule has 3 N–H and O–H groups in total. The van der Waals surface area contributed by atoms with Crippen LogP contribution in [0.3, 0.4) is 0 Å². The van der Waals surface area contributed by atoms with Crippen LogP contribution in [0.4, 0.5) is 16.4 Å². The van der Waals surface area contributed by atoms with Gasteiger partial charge in [0.1, 0.15) is 11.5 Å².